The Hall–Kier alpha value is -2.61. The number of nitriles is 1. The number of benzene rings is 1. The van der Waals surface area contributed by atoms with Gasteiger partial charge in [-0.15, -0.1) is 0 Å². The number of aliphatic carboxylic acids is 1. The summed E-state index contributed by atoms with van der Waals surface area (Å²) in [5.41, 5.74) is 1.31. The second-order valence-electron chi connectivity index (χ2n) is 5.03. The molecule has 1 amide bonds. The molecular formula is C16H16N2O3. The molecule has 1 aromatic carbocycles. The molecule has 1 fully saturated rings. The summed E-state index contributed by atoms with van der Waals surface area (Å²) in [7, 11) is 0. The van der Waals surface area contributed by atoms with Crippen LogP contribution >= 0.6 is 0 Å². The van der Waals surface area contributed by atoms with Gasteiger partial charge in [-0.1, -0.05) is 12.1 Å². The highest BCUT2D eigenvalue weighted by atomic mass is 16.4. The third-order valence-electron chi connectivity index (χ3n) is 3.52. The largest absolute Gasteiger partial charge is 0.481 e. The van der Waals surface area contributed by atoms with Crippen LogP contribution in [0.15, 0.2) is 30.3 Å². The third-order valence-corrected chi connectivity index (χ3v) is 3.52. The zero-order valence-corrected chi connectivity index (χ0v) is 11.5. The minimum Gasteiger partial charge on any atom is -0.481 e. The first kappa shape index (κ1) is 14.8. The molecule has 1 aliphatic heterocycles. The number of rotatable bonds is 3. The number of piperidine rings is 1. The highest BCUT2D eigenvalue weighted by Gasteiger charge is 2.26. The van der Waals surface area contributed by atoms with Crippen LogP contribution in [0.5, 0.6) is 0 Å². The maximum atomic E-state index is 12.1. The van der Waals surface area contributed by atoms with Crippen LogP contribution in [0.3, 0.4) is 0 Å². The van der Waals surface area contributed by atoms with Gasteiger partial charge in [-0.05, 0) is 36.6 Å². The summed E-state index contributed by atoms with van der Waals surface area (Å²) in [5, 5.41) is 17.8. The smallest absolute Gasteiger partial charge is 0.308 e. The van der Waals surface area contributed by atoms with E-state index in [-0.39, 0.29) is 12.5 Å². The molecule has 1 heterocycles. The van der Waals surface area contributed by atoms with E-state index in [1.54, 1.807) is 35.2 Å². The van der Waals surface area contributed by atoms with Crippen LogP contribution in [-0.2, 0) is 9.59 Å². The molecule has 0 bridgehead atoms. The van der Waals surface area contributed by atoms with E-state index in [0.29, 0.717) is 24.9 Å². The number of carbonyl (C=O) groups excluding carboxylic acids is 1. The van der Waals surface area contributed by atoms with Gasteiger partial charge < -0.3 is 10.0 Å². The van der Waals surface area contributed by atoms with Crippen molar-refractivity contribution in [1.82, 2.24) is 4.90 Å². The monoisotopic (exact) mass is 284 g/mol. The molecule has 5 heteroatoms. The Bertz CT molecular complexity index is 616. The molecule has 21 heavy (non-hydrogen) atoms. The topological polar surface area (TPSA) is 81.4 Å². The fourth-order valence-corrected chi connectivity index (χ4v) is 2.36. The summed E-state index contributed by atoms with van der Waals surface area (Å²) in [5.74, 6) is -1.51. The molecule has 1 atom stereocenters. The lowest BCUT2D eigenvalue weighted by molar-refractivity contribution is -0.144. The van der Waals surface area contributed by atoms with Gasteiger partial charge in [0.2, 0.25) is 5.91 Å². The molecule has 0 spiro atoms. The Labute approximate surface area is 123 Å². The van der Waals surface area contributed by atoms with Crippen LogP contribution < -0.4 is 0 Å². The van der Waals surface area contributed by atoms with Gasteiger partial charge in [-0.25, -0.2) is 0 Å². The van der Waals surface area contributed by atoms with E-state index in [2.05, 4.69) is 0 Å². The number of carboxylic acid groups (broad SMARTS) is 1. The molecule has 0 aliphatic carbocycles. The first-order chi connectivity index (χ1) is 10.1. The quantitative estimate of drug-likeness (QED) is 0.859. The molecule has 2 rings (SSSR count). The Morgan fingerprint density at radius 2 is 2.24 bits per heavy atom. The number of nitrogens with zero attached hydrogens (tertiary/aromatic N) is 2. The molecule has 108 valence electrons. The molecule has 5 nitrogen and oxygen atoms in total. The van der Waals surface area contributed by atoms with Crippen LogP contribution in [0.2, 0.25) is 0 Å². The summed E-state index contributed by atoms with van der Waals surface area (Å²) >= 11 is 0. The van der Waals surface area contributed by atoms with Gasteiger partial charge in [0.05, 0.1) is 17.6 Å². The van der Waals surface area contributed by atoms with Crippen molar-refractivity contribution in [2.24, 2.45) is 5.92 Å². The molecule has 0 radical (unpaired) electrons. The van der Waals surface area contributed by atoms with E-state index in [4.69, 9.17) is 10.4 Å². The number of amides is 1. The molecular weight excluding hydrogens is 268 g/mol. The maximum Gasteiger partial charge on any atom is 0.308 e. The lowest BCUT2D eigenvalue weighted by Gasteiger charge is -2.29. The van der Waals surface area contributed by atoms with E-state index in [1.807, 2.05) is 6.07 Å². The average Bonchev–Trinajstić information content (AvgIpc) is 2.53. The highest BCUT2D eigenvalue weighted by Crippen LogP contribution is 2.17. The second-order valence-corrected chi connectivity index (χ2v) is 5.03. The summed E-state index contributed by atoms with van der Waals surface area (Å²) in [6, 6.07) is 8.99. The van der Waals surface area contributed by atoms with Gasteiger partial charge in [0.1, 0.15) is 0 Å². The van der Waals surface area contributed by atoms with Crippen LogP contribution in [0.4, 0.5) is 0 Å². The summed E-state index contributed by atoms with van der Waals surface area (Å²) in [4.78, 5) is 24.6. The van der Waals surface area contributed by atoms with Crippen LogP contribution in [-0.4, -0.2) is 35.0 Å². The van der Waals surface area contributed by atoms with E-state index in [1.165, 1.54) is 6.08 Å². The minimum atomic E-state index is -0.849. The summed E-state index contributed by atoms with van der Waals surface area (Å²) in [6.45, 7) is 0.849. The summed E-state index contributed by atoms with van der Waals surface area (Å²) < 4.78 is 0. The zero-order chi connectivity index (χ0) is 15.2. The Kier molecular flexibility index (Phi) is 4.72. The van der Waals surface area contributed by atoms with E-state index < -0.39 is 11.9 Å². The van der Waals surface area contributed by atoms with E-state index in [9.17, 15) is 9.59 Å². The van der Waals surface area contributed by atoms with Gasteiger partial charge in [-0.2, -0.15) is 5.26 Å². The standard InChI is InChI=1S/C16H16N2O3/c17-10-13-4-1-3-12(9-13)6-7-15(19)18-8-2-5-14(11-18)16(20)21/h1,3-4,6-7,9,14H,2,5,8,11H2,(H,20,21)/b7-6+/t14-/m1/s1. The maximum absolute atomic E-state index is 12.1. The third kappa shape index (κ3) is 3.93. The number of hydrogen-bond donors (Lipinski definition) is 1. The van der Waals surface area contributed by atoms with Crippen molar-refractivity contribution in [1.29, 1.82) is 5.26 Å². The number of hydrogen-bond acceptors (Lipinski definition) is 3. The van der Waals surface area contributed by atoms with E-state index >= 15 is 0 Å². The predicted molar refractivity (Wildman–Crippen MR) is 77.1 cm³/mol. The van der Waals surface area contributed by atoms with Crippen molar-refractivity contribution in [3.63, 3.8) is 0 Å². The molecule has 1 N–H and O–H groups in total. The second kappa shape index (κ2) is 6.71. The van der Waals surface area contributed by atoms with Gasteiger partial charge in [0.15, 0.2) is 0 Å². The van der Waals surface area contributed by atoms with Crippen molar-refractivity contribution in [2.75, 3.05) is 13.1 Å². The first-order valence-electron chi connectivity index (χ1n) is 6.80. The Morgan fingerprint density at radius 1 is 1.43 bits per heavy atom. The van der Waals surface area contributed by atoms with Crippen molar-refractivity contribution in [2.45, 2.75) is 12.8 Å². The van der Waals surface area contributed by atoms with Crippen molar-refractivity contribution in [3.8, 4) is 6.07 Å². The van der Waals surface area contributed by atoms with E-state index in [0.717, 1.165) is 5.56 Å². The lowest BCUT2D eigenvalue weighted by Crippen LogP contribution is -2.41. The van der Waals surface area contributed by atoms with Crippen LogP contribution in [0, 0.1) is 17.2 Å². The molecule has 0 unspecified atom stereocenters. The summed E-state index contributed by atoms with van der Waals surface area (Å²) in [6.07, 6.45) is 4.40. The number of likely N-dealkylation sites (tertiary alicyclic amines) is 1. The van der Waals surface area contributed by atoms with Gasteiger partial charge >= 0.3 is 5.97 Å². The fourth-order valence-electron chi connectivity index (χ4n) is 2.36. The lowest BCUT2D eigenvalue weighted by atomic mass is 9.98. The molecule has 1 aliphatic rings. The van der Waals surface area contributed by atoms with Crippen LogP contribution in [0.1, 0.15) is 24.0 Å². The number of carbonyl (C=O) groups is 2. The van der Waals surface area contributed by atoms with Gasteiger partial charge in [0.25, 0.3) is 0 Å². The molecule has 0 saturated carbocycles. The van der Waals surface area contributed by atoms with Crippen molar-refractivity contribution >= 4 is 18.0 Å². The first-order valence-corrected chi connectivity index (χ1v) is 6.80. The van der Waals surface area contributed by atoms with Gasteiger partial charge in [-0.3, -0.25) is 9.59 Å². The van der Waals surface area contributed by atoms with Crippen molar-refractivity contribution in [3.05, 3.63) is 41.5 Å². The average molecular weight is 284 g/mol. The normalized spacial score (nSPS) is 18.4. The van der Waals surface area contributed by atoms with Gasteiger partial charge in [0, 0.05) is 19.2 Å². The predicted octanol–water partition coefficient (Wildman–Crippen LogP) is 1.89. The number of carboxylic acids is 1. The molecule has 1 saturated heterocycles. The highest BCUT2D eigenvalue weighted by molar-refractivity contribution is 5.92. The fraction of sp³-hybridized carbons (Fsp3) is 0.312. The molecule has 1 aromatic rings. The minimum absolute atomic E-state index is 0.191. The SMILES string of the molecule is N#Cc1cccc(/C=C/C(=O)N2CCC[C@@H](C(=O)O)C2)c1. The van der Waals surface area contributed by atoms with Crippen molar-refractivity contribution < 1.29 is 14.7 Å². The Morgan fingerprint density at radius 3 is 2.95 bits per heavy atom. The molecule has 0 aromatic heterocycles. The van der Waals surface area contributed by atoms with Crippen LogP contribution in [0.25, 0.3) is 6.08 Å². The Balaban J connectivity index is 2.02. The zero-order valence-electron chi connectivity index (χ0n) is 11.5.